The Kier molecular flexibility index (Phi) is 5.82. The molecule has 0 amide bonds. The van der Waals surface area contributed by atoms with Gasteiger partial charge in [0, 0.05) is 11.6 Å². The van der Waals surface area contributed by atoms with E-state index in [0.717, 1.165) is 38.0 Å². The van der Waals surface area contributed by atoms with Gasteiger partial charge in [0.2, 0.25) is 0 Å². The summed E-state index contributed by atoms with van der Waals surface area (Å²) in [6, 6.07) is 5.51. The van der Waals surface area contributed by atoms with Crippen molar-refractivity contribution in [3.63, 3.8) is 0 Å². The Morgan fingerprint density at radius 3 is 2.95 bits per heavy atom. The van der Waals surface area contributed by atoms with E-state index in [2.05, 4.69) is 17.1 Å². The van der Waals surface area contributed by atoms with Gasteiger partial charge in [-0.25, -0.2) is 4.39 Å². The van der Waals surface area contributed by atoms with Crippen molar-refractivity contribution in [1.29, 1.82) is 0 Å². The highest BCUT2D eigenvalue weighted by Crippen LogP contribution is 2.38. The standard InChI is InChI=1S/C16H24ClFN2/c1-3-9-20-10-5-6-12(11-19-2)16(20)13-7-4-8-14(17)15(13)18/h4,7-8,12,16,19H,3,5-6,9-11H2,1-2H3. The number of nitrogens with one attached hydrogen (secondary N) is 1. The molecule has 1 heterocycles. The SMILES string of the molecule is CCCN1CCCC(CNC)C1c1cccc(Cl)c1F. The first-order valence-electron chi connectivity index (χ1n) is 7.51. The van der Waals surface area contributed by atoms with Crippen LogP contribution in [0.25, 0.3) is 0 Å². The van der Waals surface area contributed by atoms with Crippen molar-refractivity contribution >= 4 is 11.6 Å². The second-order valence-corrected chi connectivity index (χ2v) is 5.99. The molecule has 1 aliphatic heterocycles. The molecule has 2 rings (SSSR count). The van der Waals surface area contributed by atoms with Crippen molar-refractivity contribution in [2.45, 2.75) is 32.2 Å². The number of hydrogen-bond donors (Lipinski definition) is 1. The molecule has 0 radical (unpaired) electrons. The zero-order chi connectivity index (χ0) is 14.5. The molecule has 0 aliphatic carbocycles. The van der Waals surface area contributed by atoms with Gasteiger partial charge in [-0.05, 0) is 57.9 Å². The van der Waals surface area contributed by atoms with Crippen molar-refractivity contribution in [2.24, 2.45) is 5.92 Å². The number of rotatable bonds is 5. The lowest BCUT2D eigenvalue weighted by atomic mass is 9.84. The Morgan fingerprint density at radius 1 is 1.45 bits per heavy atom. The topological polar surface area (TPSA) is 15.3 Å². The average molecular weight is 299 g/mol. The van der Waals surface area contributed by atoms with Gasteiger partial charge < -0.3 is 5.32 Å². The van der Waals surface area contributed by atoms with Gasteiger partial charge in [0.05, 0.1) is 5.02 Å². The van der Waals surface area contributed by atoms with Crippen LogP contribution in [0.1, 0.15) is 37.8 Å². The molecule has 1 aromatic carbocycles. The van der Waals surface area contributed by atoms with E-state index < -0.39 is 0 Å². The molecule has 112 valence electrons. The summed E-state index contributed by atoms with van der Waals surface area (Å²) in [5, 5.41) is 3.48. The van der Waals surface area contributed by atoms with E-state index >= 15 is 0 Å². The van der Waals surface area contributed by atoms with Crippen LogP contribution in [0, 0.1) is 11.7 Å². The van der Waals surface area contributed by atoms with Gasteiger partial charge in [0.1, 0.15) is 5.82 Å². The molecule has 0 bridgehead atoms. The molecule has 1 aromatic rings. The van der Waals surface area contributed by atoms with E-state index in [4.69, 9.17) is 11.6 Å². The summed E-state index contributed by atoms with van der Waals surface area (Å²) >= 11 is 5.97. The maximum absolute atomic E-state index is 14.4. The summed E-state index contributed by atoms with van der Waals surface area (Å²) < 4.78 is 14.4. The Bertz CT molecular complexity index is 420. The number of nitrogens with zero attached hydrogens (tertiary/aromatic N) is 1. The normalized spacial score (nSPS) is 24.0. The van der Waals surface area contributed by atoms with Crippen LogP contribution in [-0.4, -0.2) is 31.6 Å². The van der Waals surface area contributed by atoms with E-state index in [1.165, 1.54) is 6.42 Å². The quantitative estimate of drug-likeness (QED) is 0.888. The minimum absolute atomic E-state index is 0.134. The summed E-state index contributed by atoms with van der Waals surface area (Å²) in [5.74, 6) is 0.191. The molecular formula is C16H24ClFN2. The van der Waals surface area contributed by atoms with Crippen LogP contribution >= 0.6 is 11.6 Å². The Hall–Kier alpha value is -0.640. The highest BCUT2D eigenvalue weighted by atomic mass is 35.5. The lowest BCUT2D eigenvalue weighted by Crippen LogP contribution is -2.42. The van der Waals surface area contributed by atoms with Crippen LogP contribution < -0.4 is 5.32 Å². The number of piperidine rings is 1. The molecule has 1 aliphatic rings. The number of likely N-dealkylation sites (tertiary alicyclic amines) is 1. The number of halogens is 2. The molecule has 20 heavy (non-hydrogen) atoms. The van der Waals surface area contributed by atoms with Crippen LogP contribution in [0.4, 0.5) is 4.39 Å². The molecule has 1 N–H and O–H groups in total. The maximum atomic E-state index is 14.4. The second-order valence-electron chi connectivity index (χ2n) is 5.58. The zero-order valence-electron chi connectivity index (χ0n) is 12.3. The molecule has 4 heteroatoms. The van der Waals surface area contributed by atoms with Crippen LogP contribution in [0.3, 0.4) is 0 Å². The molecule has 0 aromatic heterocycles. The summed E-state index contributed by atoms with van der Waals surface area (Å²) in [6.45, 7) is 5.14. The third kappa shape index (κ3) is 3.33. The van der Waals surface area contributed by atoms with Gasteiger partial charge in [-0.3, -0.25) is 4.90 Å². The summed E-state index contributed by atoms with van der Waals surface area (Å²) in [7, 11) is 1.96. The molecule has 1 saturated heterocycles. The fourth-order valence-electron chi connectivity index (χ4n) is 3.37. The van der Waals surface area contributed by atoms with Crippen LogP contribution in [0.5, 0.6) is 0 Å². The largest absolute Gasteiger partial charge is 0.319 e. The first-order chi connectivity index (χ1) is 9.69. The summed E-state index contributed by atoms with van der Waals surface area (Å²) in [6.07, 6.45) is 3.41. The fourth-order valence-corrected chi connectivity index (χ4v) is 3.55. The van der Waals surface area contributed by atoms with Gasteiger partial charge in [-0.1, -0.05) is 30.7 Å². The predicted octanol–water partition coefficient (Wildman–Crippen LogP) is 3.86. The van der Waals surface area contributed by atoms with E-state index in [9.17, 15) is 4.39 Å². The van der Waals surface area contributed by atoms with Crippen molar-refractivity contribution in [3.8, 4) is 0 Å². The van der Waals surface area contributed by atoms with Crippen molar-refractivity contribution < 1.29 is 4.39 Å². The predicted molar refractivity (Wildman–Crippen MR) is 82.7 cm³/mol. The Labute approximate surface area is 126 Å². The highest BCUT2D eigenvalue weighted by Gasteiger charge is 2.33. The number of benzene rings is 1. The molecule has 2 unspecified atom stereocenters. The smallest absolute Gasteiger partial charge is 0.146 e. The summed E-state index contributed by atoms with van der Waals surface area (Å²) in [5.41, 5.74) is 0.755. The zero-order valence-corrected chi connectivity index (χ0v) is 13.1. The van der Waals surface area contributed by atoms with Crippen molar-refractivity contribution in [2.75, 3.05) is 26.7 Å². The fraction of sp³-hybridized carbons (Fsp3) is 0.625. The minimum Gasteiger partial charge on any atom is -0.319 e. The van der Waals surface area contributed by atoms with Gasteiger partial charge in [0.15, 0.2) is 0 Å². The van der Waals surface area contributed by atoms with Crippen LogP contribution in [0.2, 0.25) is 5.02 Å². The van der Waals surface area contributed by atoms with Crippen molar-refractivity contribution in [1.82, 2.24) is 10.2 Å². The minimum atomic E-state index is -0.247. The summed E-state index contributed by atoms with van der Waals surface area (Å²) in [4.78, 5) is 2.42. The van der Waals surface area contributed by atoms with Gasteiger partial charge in [0.25, 0.3) is 0 Å². The Morgan fingerprint density at radius 2 is 2.25 bits per heavy atom. The van der Waals surface area contributed by atoms with E-state index in [1.807, 2.05) is 19.2 Å². The molecule has 2 atom stereocenters. The number of hydrogen-bond acceptors (Lipinski definition) is 2. The monoisotopic (exact) mass is 298 g/mol. The molecule has 1 fully saturated rings. The molecule has 0 spiro atoms. The molecular weight excluding hydrogens is 275 g/mol. The third-order valence-corrected chi connectivity index (χ3v) is 4.43. The maximum Gasteiger partial charge on any atom is 0.146 e. The van der Waals surface area contributed by atoms with E-state index in [0.29, 0.717) is 5.92 Å². The van der Waals surface area contributed by atoms with Gasteiger partial charge >= 0.3 is 0 Å². The van der Waals surface area contributed by atoms with Gasteiger partial charge in [-0.15, -0.1) is 0 Å². The van der Waals surface area contributed by atoms with E-state index in [-0.39, 0.29) is 16.9 Å². The van der Waals surface area contributed by atoms with Crippen molar-refractivity contribution in [3.05, 3.63) is 34.6 Å². The first kappa shape index (κ1) is 15.7. The van der Waals surface area contributed by atoms with Gasteiger partial charge in [-0.2, -0.15) is 0 Å². The average Bonchev–Trinajstić information content (AvgIpc) is 2.44. The van der Waals surface area contributed by atoms with E-state index in [1.54, 1.807) is 6.07 Å². The molecule has 2 nitrogen and oxygen atoms in total. The molecule has 0 saturated carbocycles. The third-order valence-electron chi connectivity index (χ3n) is 4.14. The second kappa shape index (κ2) is 7.39. The van der Waals surface area contributed by atoms with Crippen LogP contribution in [0.15, 0.2) is 18.2 Å². The lowest BCUT2D eigenvalue weighted by molar-refractivity contribution is 0.0898. The Balaban J connectivity index is 2.35. The van der Waals surface area contributed by atoms with Crippen LogP contribution in [-0.2, 0) is 0 Å². The highest BCUT2D eigenvalue weighted by molar-refractivity contribution is 6.30. The first-order valence-corrected chi connectivity index (χ1v) is 7.89. The lowest BCUT2D eigenvalue weighted by Gasteiger charge is -2.42.